The van der Waals surface area contributed by atoms with Crippen LogP contribution in [0.15, 0.2) is 21.3 Å². The lowest BCUT2D eigenvalue weighted by atomic mass is 9.95. The highest BCUT2D eigenvalue weighted by molar-refractivity contribution is 7.08. The lowest BCUT2D eigenvalue weighted by Crippen LogP contribution is -2.30. The van der Waals surface area contributed by atoms with Crippen molar-refractivity contribution < 1.29 is 19.2 Å². The molecule has 22 heavy (non-hydrogen) atoms. The number of thiophene rings is 1. The van der Waals surface area contributed by atoms with Crippen molar-refractivity contribution in [3.05, 3.63) is 39.4 Å². The van der Waals surface area contributed by atoms with Crippen molar-refractivity contribution in [3.8, 4) is 0 Å². The molecule has 1 saturated heterocycles. The summed E-state index contributed by atoms with van der Waals surface area (Å²) in [5.41, 5.74) is 2.45. The number of carbonyl (C=O) groups is 2. The van der Waals surface area contributed by atoms with E-state index >= 15 is 0 Å². The molecule has 0 radical (unpaired) electrons. The molecule has 116 valence electrons. The van der Waals surface area contributed by atoms with E-state index in [-0.39, 0.29) is 12.3 Å². The first-order valence-corrected chi connectivity index (χ1v) is 7.89. The number of hydrogen-bond acceptors (Lipinski definition) is 5. The molecule has 2 aromatic heterocycles. The number of carboxylic acids is 1. The average molecular weight is 320 g/mol. The van der Waals surface area contributed by atoms with Crippen molar-refractivity contribution in [2.45, 2.75) is 32.9 Å². The van der Waals surface area contributed by atoms with Gasteiger partial charge in [-0.1, -0.05) is 5.16 Å². The molecule has 0 saturated carbocycles. The van der Waals surface area contributed by atoms with E-state index in [2.05, 4.69) is 5.16 Å². The number of nitrogens with zero attached hydrogens (tertiary/aromatic N) is 2. The minimum absolute atomic E-state index is 0.0270. The van der Waals surface area contributed by atoms with E-state index in [9.17, 15) is 14.7 Å². The number of aryl methyl sites for hydroxylation is 2. The van der Waals surface area contributed by atoms with E-state index < -0.39 is 17.9 Å². The minimum atomic E-state index is -0.939. The molecule has 1 aliphatic rings. The Morgan fingerprint density at radius 1 is 1.55 bits per heavy atom. The number of amides is 1. The molecule has 1 aliphatic heterocycles. The Morgan fingerprint density at radius 3 is 2.86 bits per heavy atom. The third-order valence-corrected chi connectivity index (χ3v) is 4.84. The highest BCUT2D eigenvalue weighted by Crippen LogP contribution is 2.40. The lowest BCUT2D eigenvalue weighted by molar-refractivity contribution is -0.142. The third kappa shape index (κ3) is 2.41. The van der Waals surface area contributed by atoms with Crippen molar-refractivity contribution in [2.24, 2.45) is 5.92 Å². The van der Waals surface area contributed by atoms with Gasteiger partial charge in [0.2, 0.25) is 5.91 Å². The first kappa shape index (κ1) is 14.8. The molecule has 2 unspecified atom stereocenters. The topological polar surface area (TPSA) is 83.6 Å². The van der Waals surface area contributed by atoms with Gasteiger partial charge in [-0.25, -0.2) is 0 Å². The van der Waals surface area contributed by atoms with Crippen LogP contribution in [0.3, 0.4) is 0 Å². The lowest BCUT2D eigenvalue weighted by Gasteiger charge is -2.26. The second-order valence-corrected chi connectivity index (χ2v) is 6.25. The Hall–Kier alpha value is -2.15. The van der Waals surface area contributed by atoms with Crippen molar-refractivity contribution in [2.75, 3.05) is 0 Å². The Morgan fingerprint density at radius 2 is 2.32 bits per heavy atom. The first-order chi connectivity index (χ1) is 10.5. The van der Waals surface area contributed by atoms with Gasteiger partial charge in [0.05, 0.1) is 24.2 Å². The summed E-state index contributed by atoms with van der Waals surface area (Å²) >= 11 is 1.50. The van der Waals surface area contributed by atoms with Crippen LogP contribution in [0.5, 0.6) is 0 Å². The highest BCUT2D eigenvalue weighted by atomic mass is 32.1. The SMILES string of the molecule is Cc1noc(C)c1CN1C(=O)CC(C(=O)O)C1c1ccsc1. The Labute approximate surface area is 131 Å². The fourth-order valence-electron chi connectivity index (χ4n) is 2.95. The predicted molar refractivity (Wildman–Crippen MR) is 79.3 cm³/mol. The Kier molecular flexibility index (Phi) is 3.74. The Bertz CT molecular complexity index is 688. The van der Waals surface area contributed by atoms with E-state index in [1.54, 1.807) is 11.8 Å². The van der Waals surface area contributed by atoms with E-state index in [1.165, 1.54) is 11.3 Å². The molecule has 0 aromatic carbocycles. The molecule has 7 heteroatoms. The summed E-state index contributed by atoms with van der Waals surface area (Å²) in [6.45, 7) is 3.94. The molecule has 1 N–H and O–H groups in total. The summed E-state index contributed by atoms with van der Waals surface area (Å²) in [5.74, 6) is -1.15. The summed E-state index contributed by atoms with van der Waals surface area (Å²) in [6.07, 6.45) is 0.0270. The number of carboxylic acid groups (broad SMARTS) is 1. The normalized spacial score (nSPS) is 21.5. The van der Waals surface area contributed by atoms with Crippen LogP contribution in [0.1, 0.15) is 35.0 Å². The summed E-state index contributed by atoms with van der Waals surface area (Å²) < 4.78 is 5.14. The highest BCUT2D eigenvalue weighted by Gasteiger charge is 2.45. The molecule has 0 bridgehead atoms. The van der Waals surface area contributed by atoms with Gasteiger partial charge in [-0.3, -0.25) is 9.59 Å². The molecule has 6 nitrogen and oxygen atoms in total. The van der Waals surface area contributed by atoms with Gasteiger partial charge in [-0.05, 0) is 36.2 Å². The third-order valence-electron chi connectivity index (χ3n) is 4.14. The van der Waals surface area contributed by atoms with Crippen molar-refractivity contribution >= 4 is 23.2 Å². The van der Waals surface area contributed by atoms with E-state index in [1.807, 2.05) is 23.8 Å². The standard InChI is InChI=1S/C15H16N2O4S/c1-8-12(9(2)21-16-8)6-17-13(18)5-11(15(19)20)14(17)10-3-4-22-7-10/h3-4,7,11,14H,5-6H2,1-2H3,(H,19,20). The van der Waals surface area contributed by atoms with E-state index in [0.717, 1.165) is 16.8 Å². The van der Waals surface area contributed by atoms with Crippen LogP contribution >= 0.6 is 11.3 Å². The molecule has 1 fully saturated rings. The van der Waals surface area contributed by atoms with Crippen LogP contribution in [-0.4, -0.2) is 27.0 Å². The summed E-state index contributed by atoms with van der Waals surface area (Å²) in [5, 5.41) is 17.1. The van der Waals surface area contributed by atoms with Gasteiger partial charge in [-0.2, -0.15) is 11.3 Å². The van der Waals surface area contributed by atoms with Crippen LogP contribution in [0.4, 0.5) is 0 Å². The van der Waals surface area contributed by atoms with Crippen LogP contribution in [-0.2, 0) is 16.1 Å². The smallest absolute Gasteiger partial charge is 0.309 e. The number of rotatable bonds is 4. The molecule has 3 heterocycles. The summed E-state index contributed by atoms with van der Waals surface area (Å²) in [7, 11) is 0. The van der Waals surface area contributed by atoms with Crippen molar-refractivity contribution in [3.63, 3.8) is 0 Å². The van der Waals surface area contributed by atoms with Gasteiger partial charge in [0, 0.05) is 12.0 Å². The maximum atomic E-state index is 12.4. The summed E-state index contributed by atoms with van der Waals surface area (Å²) in [4.78, 5) is 25.5. The monoisotopic (exact) mass is 320 g/mol. The zero-order valence-electron chi connectivity index (χ0n) is 12.3. The van der Waals surface area contributed by atoms with Crippen LogP contribution < -0.4 is 0 Å². The fourth-order valence-corrected chi connectivity index (χ4v) is 3.64. The van der Waals surface area contributed by atoms with Gasteiger partial charge in [-0.15, -0.1) is 0 Å². The zero-order chi connectivity index (χ0) is 15.9. The van der Waals surface area contributed by atoms with Gasteiger partial charge >= 0.3 is 5.97 Å². The molecule has 0 aliphatic carbocycles. The second kappa shape index (κ2) is 5.57. The molecule has 1 amide bonds. The van der Waals surface area contributed by atoms with Crippen LogP contribution in [0.25, 0.3) is 0 Å². The predicted octanol–water partition coefficient (Wildman–Crippen LogP) is 2.53. The number of aromatic nitrogens is 1. The number of aliphatic carboxylic acids is 1. The van der Waals surface area contributed by atoms with E-state index in [0.29, 0.717) is 12.3 Å². The molecule has 3 rings (SSSR count). The number of carbonyl (C=O) groups excluding carboxylic acids is 1. The molecule has 2 atom stereocenters. The van der Waals surface area contributed by atoms with Crippen molar-refractivity contribution in [1.29, 1.82) is 0 Å². The Balaban J connectivity index is 1.97. The van der Waals surface area contributed by atoms with Gasteiger partial charge in [0.25, 0.3) is 0 Å². The van der Waals surface area contributed by atoms with E-state index in [4.69, 9.17) is 4.52 Å². The van der Waals surface area contributed by atoms with Crippen molar-refractivity contribution in [1.82, 2.24) is 10.1 Å². The minimum Gasteiger partial charge on any atom is -0.481 e. The molecular formula is C15H16N2O4S. The molecule has 0 spiro atoms. The maximum absolute atomic E-state index is 12.4. The average Bonchev–Trinajstić information content (AvgIpc) is 3.15. The van der Waals surface area contributed by atoms with Gasteiger partial charge in [0.15, 0.2) is 0 Å². The zero-order valence-corrected chi connectivity index (χ0v) is 13.1. The maximum Gasteiger partial charge on any atom is 0.309 e. The fraction of sp³-hybridized carbons (Fsp3) is 0.400. The quantitative estimate of drug-likeness (QED) is 0.936. The second-order valence-electron chi connectivity index (χ2n) is 5.47. The van der Waals surface area contributed by atoms with Crippen LogP contribution in [0, 0.1) is 19.8 Å². The molecule has 2 aromatic rings. The number of likely N-dealkylation sites (tertiary alicyclic amines) is 1. The number of hydrogen-bond donors (Lipinski definition) is 1. The first-order valence-electron chi connectivity index (χ1n) is 6.95. The summed E-state index contributed by atoms with van der Waals surface area (Å²) in [6, 6.07) is 1.44. The largest absolute Gasteiger partial charge is 0.481 e. The molecular weight excluding hydrogens is 304 g/mol. The van der Waals surface area contributed by atoms with Gasteiger partial charge in [0.1, 0.15) is 5.76 Å². The van der Waals surface area contributed by atoms with Gasteiger partial charge < -0.3 is 14.5 Å². The van der Waals surface area contributed by atoms with Crippen LogP contribution in [0.2, 0.25) is 0 Å².